The number of hydrogen-bond donors (Lipinski definition) is 1. The first-order valence-electron chi connectivity index (χ1n) is 10.6. The molecule has 0 atom stereocenters. The zero-order valence-corrected chi connectivity index (χ0v) is 19.0. The van der Waals surface area contributed by atoms with Crippen molar-refractivity contribution in [3.05, 3.63) is 96.6 Å². The Morgan fingerprint density at radius 2 is 1.34 bits per heavy atom. The number of benzene rings is 3. The van der Waals surface area contributed by atoms with Crippen LogP contribution in [-0.4, -0.2) is 21.6 Å². The molecule has 160 valence electrons. The van der Waals surface area contributed by atoms with Gasteiger partial charge in [0.15, 0.2) is 5.16 Å². The summed E-state index contributed by atoms with van der Waals surface area (Å²) in [4.78, 5) is 21.9. The molecule has 0 spiro atoms. The van der Waals surface area contributed by atoms with Crippen LogP contribution in [0.1, 0.15) is 25.3 Å². The van der Waals surface area contributed by atoms with E-state index in [-0.39, 0.29) is 11.7 Å². The van der Waals surface area contributed by atoms with Gasteiger partial charge in [0.2, 0.25) is 5.91 Å². The lowest BCUT2D eigenvalue weighted by molar-refractivity contribution is -0.113. The molecular formula is C27H25N3OS. The molecule has 1 N–H and O–H groups in total. The largest absolute Gasteiger partial charge is 0.325 e. The number of thioether (sulfide) groups is 1. The minimum Gasteiger partial charge on any atom is -0.325 e. The minimum atomic E-state index is -0.0812. The lowest BCUT2D eigenvalue weighted by Gasteiger charge is -2.10. The van der Waals surface area contributed by atoms with E-state index >= 15 is 0 Å². The van der Waals surface area contributed by atoms with Gasteiger partial charge in [0.05, 0.1) is 17.1 Å². The maximum atomic E-state index is 12.5. The van der Waals surface area contributed by atoms with Crippen molar-refractivity contribution in [1.29, 1.82) is 0 Å². The van der Waals surface area contributed by atoms with Gasteiger partial charge < -0.3 is 5.32 Å². The van der Waals surface area contributed by atoms with E-state index in [1.54, 1.807) is 0 Å². The molecule has 0 bridgehead atoms. The van der Waals surface area contributed by atoms with Gasteiger partial charge in [0, 0.05) is 16.8 Å². The molecule has 4 aromatic rings. The number of carbonyl (C=O) groups is 1. The summed E-state index contributed by atoms with van der Waals surface area (Å²) >= 11 is 1.34. The fourth-order valence-corrected chi connectivity index (χ4v) is 3.94. The predicted molar refractivity (Wildman–Crippen MR) is 133 cm³/mol. The second kappa shape index (κ2) is 10.2. The third kappa shape index (κ3) is 5.62. The summed E-state index contributed by atoms with van der Waals surface area (Å²) in [6, 6.07) is 30.0. The van der Waals surface area contributed by atoms with E-state index in [1.165, 1.54) is 17.3 Å². The Morgan fingerprint density at radius 1 is 0.812 bits per heavy atom. The van der Waals surface area contributed by atoms with Crippen LogP contribution in [0.4, 0.5) is 5.69 Å². The number of carbonyl (C=O) groups excluding carboxylic acids is 1. The van der Waals surface area contributed by atoms with Crippen molar-refractivity contribution in [2.45, 2.75) is 24.9 Å². The molecule has 0 aliphatic carbocycles. The summed E-state index contributed by atoms with van der Waals surface area (Å²) in [6.07, 6.45) is 0. The van der Waals surface area contributed by atoms with Crippen LogP contribution in [0, 0.1) is 0 Å². The summed E-state index contributed by atoms with van der Waals surface area (Å²) in [6.45, 7) is 4.30. The Morgan fingerprint density at radius 3 is 1.84 bits per heavy atom. The quantitative estimate of drug-likeness (QED) is 0.258. The van der Waals surface area contributed by atoms with Gasteiger partial charge >= 0.3 is 0 Å². The average Bonchev–Trinajstić information content (AvgIpc) is 2.84. The number of aromatic nitrogens is 2. The number of nitrogens with one attached hydrogen (secondary N) is 1. The van der Waals surface area contributed by atoms with Crippen molar-refractivity contribution >= 4 is 23.4 Å². The van der Waals surface area contributed by atoms with E-state index in [0.717, 1.165) is 28.2 Å². The lowest BCUT2D eigenvalue weighted by Crippen LogP contribution is -2.14. The van der Waals surface area contributed by atoms with Crippen LogP contribution in [0.3, 0.4) is 0 Å². The van der Waals surface area contributed by atoms with E-state index in [0.29, 0.717) is 11.1 Å². The molecular weight excluding hydrogens is 414 g/mol. The van der Waals surface area contributed by atoms with Crippen molar-refractivity contribution < 1.29 is 4.79 Å². The first-order chi connectivity index (χ1) is 15.6. The Bertz CT molecular complexity index is 1120. The monoisotopic (exact) mass is 439 g/mol. The number of anilines is 1. The van der Waals surface area contributed by atoms with E-state index in [1.807, 2.05) is 91.0 Å². The van der Waals surface area contributed by atoms with Crippen LogP contribution in [0.5, 0.6) is 0 Å². The second-order valence-corrected chi connectivity index (χ2v) is 8.71. The highest BCUT2D eigenvalue weighted by Gasteiger charge is 2.11. The standard InChI is InChI=1S/C27H25N3OS/c1-19(2)20-13-15-23(16-14-20)28-26(31)18-32-27-29-24(21-9-5-3-6-10-21)17-25(30-27)22-11-7-4-8-12-22/h3-17,19H,18H2,1-2H3,(H,28,31). The molecule has 0 saturated carbocycles. The van der Waals surface area contributed by atoms with E-state index in [9.17, 15) is 4.79 Å². The van der Waals surface area contributed by atoms with Gasteiger partial charge in [-0.1, -0.05) is 98.4 Å². The molecule has 1 amide bonds. The van der Waals surface area contributed by atoms with Crippen LogP contribution < -0.4 is 5.32 Å². The Balaban J connectivity index is 1.51. The summed E-state index contributed by atoms with van der Waals surface area (Å²) in [5.74, 6) is 0.615. The highest BCUT2D eigenvalue weighted by atomic mass is 32.2. The maximum absolute atomic E-state index is 12.5. The van der Waals surface area contributed by atoms with Crippen molar-refractivity contribution in [3.8, 4) is 22.5 Å². The number of amides is 1. The Hall–Kier alpha value is -3.44. The highest BCUT2D eigenvalue weighted by molar-refractivity contribution is 7.99. The summed E-state index contributed by atoms with van der Waals surface area (Å²) in [5, 5.41) is 3.53. The fourth-order valence-electron chi connectivity index (χ4n) is 3.28. The third-order valence-electron chi connectivity index (χ3n) is 5.04. The summed E-state index contributed by atoms with van der Waals surface area (Å²) in [5.41, 5.74) is 5.76. The summed E-state index contributed by atoms with van der Waals surface area (Å²) < 4.78 is 0. The van der Waals surface area contributed by atoms with Crippen LogP contribution in [-0.2, 0) is 4.79 Å². The van der Waals surface area contributed by atoms with Crippen molar-refractivity contribution in [1.82, 2.24) is 9.97 Å². The normalized spacial score (nSPS) is 10.8. The molecule has 1 heterocycles. The van der Waals surface area contributed by atoms with Gasteiger partial charge in [0.25, 0.3) is 0 Å². The third-order valence-corrected chi connectivity index (χ3v) is 5.89. The molecule has 0 saturated heterocycles. The minimum absolute atomic E-state index is 0.0812. The first kappa shape index (κ1) is 21.8. The summed E-state index contributed by atoms with van der Waals surface area (Å²) in [7, 11) is 0. The SMILES string of the molecule is CC(C)c1ccc(NC(=O)CSc2nc(-c3ccccc3)cc(-c3ccccc3)n2)cc1. The van der Waals surface area contributed by atoms with Crippen LogP contribution >= 0.6 is 11.8 Å². The van der Waals surface area contributed by atoms with Gasteiger partial charge in [-0.05, 0) is 29.7 Å². The Labute approximate surface area is 193 Å². The van der Waals surface area contributed by atoms with Gasteiger partial charge in [-0.25, -0.2) is 9.97 Å². The zero-order valence-electron chi connectivity index (χ0n) is 18.2. The predicted octanol–water partition coefficient (Wildman–Crippen LogP) is 6.66. The molecule has 0 aliphatic rings. The molecule has 0 aliphatic heterocycles. The van der Waals surface area contributed by atoms with E-state index < -0.39 is 0 Å². The van der Waals surface area contributed by atoms with Gasteiger partial charge in [-0.3, -0.25) is 4.79 Å². The van der Waals surface area contributed by atoms with E-state index in [2.05, 4.69) is 19.2 Å². The number of rotatable bonds is 7. The zero-order chi connectivity index (χ0) is 22.3. The molecule has 4 rings (SSSR count). The van der Waals surface area contributed by atoms with Crippen molar-refractivity contribution in [2.24, 2.45) is 0 Å². The van der Waals surface area contributed by atoms with Crippen molar-refractivity contribution in [3.63, 3.8) is 0 Å². The smallest absolute Gasteiger partial charge is 0.234 e. The molecule has 1 aromatic heterocycles. The molecule has 0 fully saturated rings. The average molecular weight is 440 g/mol. The molecule has 4 nitrogen and oxygen atoms in total. The molecule has 3 aromatic carbocycles. The lowest BCUT2D eigenvalue weighted by atomic mass is 10.0. The molecule has 0 radical (unpaired) electrons. The van der Waals surface area contributed by atoms with Gasteiger partial charge in [-0.15, -0.1) is 0 Å². The first-order valence-corrected chi connectivity index (χ1v) is 11.6. The molecule has 0 unspecified atom stereocenters. The number of nitrogens with zero attached hydrogens (tertiary/aromatic N) is 2. The van der Waals surface area contributed by atoms with Gasteiger partial charge in [-0.2, -0.15) is 0 Å². The topological polar surface area (TPSA) is 54.9 Å². The second-order valence-electron chi connectivity index (χ2n) is 7.77. The Kier molecular flexibility index (Phi) is 6.97. The highest BCUT2D eigenvalue weighted by Crippen LogP contribution is 2.27. The molecule has 5 heteroatoms. The maximum Gasteiger partial charge on any atom is 0.234 e. The van der Waals surface area contributed by atoms with Crippen LogP contribution in [0.15, 0.2) is 96.2 Å². The number of hydrogen-bond acceptors (Lipinski definition) is 4. The van der Waals surface area contributed by atoms with Gasteiger partial charge in [0.1, 0.15) is 0 Å². The fraction of sp³-hybridized carbons (Fsp3) is 0.148. The van der Waals surface area contributed by atoms with Crippen LogP contribution in [0.25, 0.3) is 22.5 Å². The van der Waals surface area contributed by atoms with E-state index in [4.69, 9.17) is 9.97 Å². The van der Waals surface area contributed by atoms with Crippen LogP contribution in [0.2, 0.25) is 0 Å². The molecule has 32 heavy (non-hydrogen) atoms. The van der Waals surface area contributed by atoms with Crippen molar-refractivity contribution in [2.75, 3.05) is 11.1 Å².